The summed E-state index contributed by atoms with van der Waals surface area (Å²) in [5.74, 6) is -0.111. The van der Waals surface area contributed by atoms with E-state index in [-0.39, 0.29) is 24.1 Å². The van der Waals surface area contributed by atoms with Crippen LogP contribution in [0.4, 0.5) is 4.79 Å². The second-order valence-electron chi connectivity index (χ2n) is 23.9. The number of esters is 2. The van der Waals surface area contributed by atoms with E-state index in [0.29, 0.717) is 45.8 Å². The number of carbonyl (C=O) groups excluding carboxylic acids is 3. The lowest BCUT2D eigenvalue weighted by atomic mass is 10.0. The van der Waals surface area contributed by atoms with Gasteiger partial charge in [0.15, 0.2) is 0 Å². The van der Waals surface area contributed by atoms with Crippen molar-refractivity contribution in [2.24, 2.45) is 0 Å². The number of carbonyl (C=O) groups is 3. The molecule has 0 spiro atoms. The molecule has 0 bridgehead atoms. The van der Waals surface area contributed by atoms with E-state index in [1.165, 1.54) is 244 Å². The van der Waals surface area contributed by atoms with Gasteiger partial charge in [-0.3, -0.25) is 9.59 Å². The Hall–Kier alpha value is -1.87. The van der Waals surface area contributed by atoms with Crippen LogP contribution >= 0.6 is 0 Å². The quantitative estimate of drug-likeness (QED) is 0.0365. The number of likely N-dealkylation sites (N-methyl/N-ethyl adjacent to an activating group) is 1. The molecule has 0 rings (SSSR count). The number of nitrogens with one attached hydrogen (secondary N) is 1. The number of alkyl carbamates (subject to hydrolysis) is 1. The molecule has 0 saturated carbocycles. The first kappa shape index (κ1) is 75.1. The molecule has 0 radical (unpaired) electrons. The second-order valence-corrected chi connectivity index (χ2v) is 23.9. The average molecular weight is 1090 g/mol. The van der Waals surface area contributed by atoms with E-state index in [1.807, 2.05) is 14.1 Å². The van der Waals surface area contributed by atoms with E-state index in [9.17, 15) is 14.4 Å². The summed E-state index contributed by atoms with van der Waals surface area (Å²) in [6.45, 7) is 7.93. The van der Waals surface area contributed by atoms with Crippen LogP contribution in [0.2, 0.25) is 0 Å². The standard InChI is InChI=1S/C68H134N2O7/c1-5-7-9-11-13-15-17-19-21-23-25-27-29-31-33-35-37-39-41-43-51-57-66(71)75-61-53-47-45-49-55-65(77-68(73)69-59-63-74-64-60-70(3)4)56-50-46-48-54-62-76-67(72)58-52-44-42-40-38-36-34-32-30-28-26-24-22-20-18-16-14-12-10-8-6-2/h65H,5-64H2,1-4H3,(H,69,73). The maximum Gasteiger partial charge on any atom is 0.407 e. The molecule has 9 nitrogen and oxygen atoms in total. The zero-order valence-electron chi connectivity index (χ0n) is 52.3. The van der Waals surface area contributed by atoms with Gasteiger partial charge in [0, 0.05) is 25.9 Å². The molecule has 1 N–H and O–H groups in total. The molecule has 0 aromatic carbocycles. The Morgan fingerprint density at radius 2 is 0.610 bits per heavy atom. The summed E-state index contributed by atoms with van der Waals surface area (Å²) in [4.78, 5) is 39.4. The molecule has 0 aliphatic carbocycles. The molecule has 9 heteroatoms. The Balaban J connectivity index is 3.93. The fourth-order valence-corrected chi connectivity index (χ4v) is 10.6. The molecule has 0 saturated heterocycles. The number of hydrogen-bond acceptors (Lipinski definition) is 8. The van der Waals surface area contributed by atoms with E-state index in [4.69, 9.17) is 18.9 Å². The van der Waals surface area contributed by atoms with Gasteiger partial charge in [0.1, 0.15) is 6.10 Å². The van der Waals surface area contributed by atoms with E-state index in [2.05, 4.69) is 24.1 Å². The van der Waals surface area contributed by atoms with Crippen molar-refractivity contribution in [2.75, 3.05) is 53.6 Å². The summed E-state index contributed by atoms with van der Waals surface area (Å²) in [7, 11) is 4.02. The molecule has 0 fully saturated rings. The summed E-state index contributed by atoms with van der Waals surface area (Å²) < 4.78 is 22.6. The highest BCUT2D eigenvalue weighted by atomic mass is 16.6. The highest BCUT2D eigenvalue weighted by molar-refractivity contribution is 5.69. The summed E-state index contributed by atoms with van der Waals surface area (Å²) >= 11 is 0. The first-order valence-electron chi connectivity index (χ1n) is 34.4. The van der Waals surface area contributed by atoms with Gasteiger partial charge in [-0.1, -0.05) is 296 Å². The highest BCUT2D eigenvalue weighted by Gasteiger charge is 2.15. The van der Waals surface area contributed by atoms with Crippen molar-refractivity contribution in [1.82, 2.24) is 10.2 Å². The van der Waals surface area contributed by atoms with Gasteiger partial charge in [-0.05, 0) is 65.5 Å². The Labute approximate surface area is 479 Å². The molecule has 0 aromatic rings. The van der Waals surface area contributed by atoms with Crippen molar-refractivity contribution < 1.29 is 33.3 Å². The van der Waals surface area contributed by atoms with Crippen molar-refractivity contribution in [3.8, 4) is 0 Å². The Morgan fingerprint density at radius 3 is 0.909 bits per heavy atom. The summed E-state index contributed by atoms with van der Waals surface area (Å²) in [6, 6.07) is 0. The van der Waals surface area contributed by atoms with Gasteiger partial charge in [0.25, 0.3) is 0 Å². The monoisotopic (exact) mass is 1090 g/mol. The number of unbranched alkanes of at least 4 members (excludes halogenated alkanes) is 46. The van der Waals surface area contributed by atoms with Crippen LogP contribution < -0.4 is 5.32 Å². The minimum absolute atomic E-state index is 0.0557. The predicted molar refractivity (Wildman–Crippen MR) is 330 cm³/mol. The molecule has 0 aromatic heterocycles. The third-order valence-corrected chi connectivity index (χ3v) is 15.8. The van der Waals surface area contributed by atoms with Gasteiger partial charge in [-0.15, -0.1) is 0 Å². The maximum absolute atomic E-state index is 12.7. The topological polar surface area (TPSA) is 103 Å². The highest BCUT2D eigenvalue weighted by Crippen LogP contribution is 2.20. The van der Waals surface area contributed by atoms with Gasteiger partial charge in [-0.2, -0.15) is 0 Å². The second kappa shape index (κ2) is 64.9. The zero-order chi connectivity index (χ0) is 55.8. The van der Waals surface area contributed by atoms with Gasteiger partial charge < -0.3 is 29.2 Å². The molecule has 0 heterocycles. The molecule has 1 amide bonds. The Bertz CT molecular complexity index is 1110. The van der Waals surface area contributed by atoms with Crippen molar-refractivity contribution in [3.63, 3.8) is 0 Å². The third kappa shape index (κ3) is 64.8. The van der Waals surface area contributed by atoms with Gasteiger partial charge in [-0.25, -0.2) is 4.79 Å². The number of ether oxygens (including phenoxy) is 4. The minimum Gasteiger partial charge on any atom is -0.466 e. The minimum atomic E-state index is -0.379. The van der Waals surface area contributed by atoms with Crippen LogP contribution in [-0.4, -0.2) is 82.6 Å². The van der Waals surface area contributed by atoms with Crippen LogP contribution in [0, 0.1) is 0 Å². The van der Waals surface area contributed by atoms with Crippen LogP contribution in [0.25, 0.3) is 0 Å². The van der Waals surface area contributed by atoms with E-state index in [0.717, 1.165) is 96.4 Å². The van der Waals surface area contributed by atoms with Crippen LogP contribution in [-0.2, 0) is 28.5 Å². The number of hydrogen-bond donors (Lipinski definition) is 1. The van der Waals surface area contributed by atoms with Crippen LogP contribution in [0.1, 0.15) is 361 Å². The van der Waals surface area contributed by atoms with Gasteiger partial charge in [0.2, 0.25) is 0 Å². The van der Waals surface area contributed by atoms with E-state index >= 15 is 0 Å². The molecular weight excluding hydrogens is 957 g/mol. The smallest absolute Gasteiger partial charge is 0.407 e. The normalized spacial score (nSPS) is 11.6. The molecule has 0 atom stereocenters. The van der Waals surface area contributed by atoms with Crippen molar-refractivity contribution >= 4 is 18.0 Å². The van der Waals surface area contributed by atoms with Crippen molar-refractivity contribution in [2.45, 2.75) is 367 Å². The van der Waals surface area contributed by atoms with Gasteiger partial charge >= 0.3 is 18.0 Å². The fraction of sp³-hybridized carbons (Fsp3) is 0.956. The lowest BCUT2D eigenvalue weighted by Gasteiger charge is -2.18. The maximum atomic E-state index is 12.7. The van der Waals surface area contributed by atoms with Crippen LogP contribution in [0.15, 0.2) is 0 Å². The first-order chi connectivity index (χ1) is 37.9. The SMILES string of the molecule is CCCCCCCCCCCCCCCCCCCCCCCC(=O)OCCCCCCC(CCCCCCOC(=O)CCCCCCCCCCCCCCCCCCCCCCC)OC(=O)NCCOCCN(C)C. The number of rotatable bonds is 65. The summed E-state index contributed by atoms with van der Waals surface area (Å²) in [6.07, 6.45) is 67.1. The molecule has 0 unspecified atom stereocenters. The van der Waals surface area contributed by atoms with E-state index < -0.39 is 0 Å². The summed E-state index contributed by atoms with van der Waals surface area (Å²) in [5, 5.41) is 2.86. The zero-order valence-corrected chi connectivity index (χ0v) is 52.3. The third-order valence-electron chi connectivity index (χ3n) is 15.8. The van der Waals surface area contributed by atoms with E-state index in [1.54, 1.807) is 0 Å². The summed E-state index contributed by atoms with van der Waals surface area (Å²) in [5.41, 5.74) is 0. The van der Waals surface area contributed by atoms with Crippen LogP contribution in [0.3, 0.4) is 0 Å². The molecule has 458 valence electrons. The van der Waals surface area contributed by atoms with Crippen molar-refractivity contribution in [1.29, 1.82) is 0 Å². The molecule has 0 aliphatic rings. The first-order valence-corrected chi connectivity index (χ1v) is 34.4. The largest absolute Gasteiger partial charge is 0.466 e. The Morgan fingerprint density at radius 1 is 0.338 bits per heavy atom. The molecule has 77 heavy (non-hydrogen) atoms. The average Bonchev–Trinajstić information content (AvgIpc) is 3.41. The lowest BCUT2D eigenvalue weighted by molar-refractivity contribution is -0.144. The van der Waals surface area contributed by atoms with Gasteiger partial charge in [0.05, 0.1) is 26.4 Å². The number of amides is 1. The van der Waals surface area contributed by atoms with Crippen molar-refractivity contribution in [3.05, 3.63) is 0 Å². The molecular formula is C68H134N2O7. The number of nitrogens with zero attached hydrogens (tertiary/aromatic N) is 1. The fourth-order valence-electron chi connectivity index (χ4n) is 10.6. The Kier molecular flexibility index (Phi) is 63.4. The molecule has 0 aliphatic heterocycles. The lowest BCUT2D eigenvalue weighted by Crippen LogP contribution is -2.32. The van der Waals surface area contributed by atoms with Crippen LogP contribution in [0.5, 0.6) is 0 Å². The predicted octanol–water partition coefficient (Wildman–Crippen LogP) is 20.9.